The van der Waals surface area contributed by atoms with Gasteiger partial charge in [0.15, 0.2) is 6.61 Å². The van der Waals surface area contributed by atoms with Crippen molar-refractivity contribution in [3.8, 4) is 0 Å². The van der Waals surface area contributed by atoms with E-state index in [1.165, 1.54) is 0 Å². The van der Waals surface area contributed by atoms with E-state index >= 15 is 0 Å². The Balaban J connectivity index is 2.49. The molecule has 0 saturated carbocycles. The first kappa shape index (κ1) is 12.8. The molecule has 3 nitrogen and oxygen atoms in total. The molecule has 1 aromatic carbocycles. The summed E-state index contributed by atoms with van der Waals surface area (Å²) in [5.74, 6) is -3.10. The van der Waals surface area contributed by atoms with Gasteiger partial charge in [0.05, 0.1) is 0 Å². The largest absolute Gasteiger partial charge is 0.443 e. The van der Waals surface area contributed by atoms with Gasteiger partial charge in [-0.05, 0) is 37.5 Å². The first-order valence-corrected chi connectivity index (χ1v) is 5.70. The number of carbonyl (C=O) groups excluding carboxylic acids is 1. The SMILES string of the molecule is Cc1cc(C)c([C@@H]2NC(=O)OCC2(F)F)c(C)c1. The highest BCUT2D eigenvalue weighted by Crippen LogP contribution is 2.37. The molecule has 1 aromatic rings. The van der Waals surface area contributed by atoms with Crippen LogP contribution < -0.4 is 5.32 Å². The van der Waals surface area contributed by atoms with Crippen LogP contribution in [0.3, 0.4) is 0 Å². The van der Waals surface area contributed by atoms with E-state index in [-0.39, 0.29) is 0 Å². The van der Waals surface area contributed by atoms with Gasteiger partial charge in [-0.3, -0.25) is 0 Å². The van der Waals surface area contributed by atoms with Crippen LogP contribution in [0.25, 0.3) is 0 Å². The third-order valence-electron chi connectivity index (χ3n) is 3.11. The molecule has 0 radical (unpaired) electrons. The minimum atomic E-state index is -3.10. The number of ether oxygens (including phenoxy) is 1. The standard InChI is InChI=1S/C13H15F2NO2/c1-7-4-8(2)10(9(3)5-7)11-13(14,15)6-18-12(17)16-11/h4-5,11H,6H2,1-3H3,(H,16,17)/t11-/m0/s1. The lowest BCUT2D eigenvalue weighted by Gasteiger charge is -2.33. The zero-order chi connectivity index (χ0) is 13.5. The summed E-state index contributed by atoms with van der Waals surface area (Å²) in [5, 5.41) is 2.21. The molecule has 1 saturated heterocycles. The normalized spacial score (nSPS) is 22.3. The van der Waals surface area contributed by atoms with Crippen LogP contribution in [-0.2, 0) is 4.74 Å². The van der Waals surface area contributed by atoms with Gasteiger partial charge < -0.3 is 10.1 Å². The Morgan fingerprint density at radius 1 is 1.28 bits per heavy atom. The van der Waals surface area contributed by atoms with Gasteiger partial charge >= 0.3 is 12.0 Å². The van der Waals surface area contributed by atoms with E-state index < -0.39 is 24.7 Å². The van der Waals surface area contributed by atoms with Crippen molar-refractivity contribution in [3.05, 3.63) is 34.4 Å². The number of amides is 1. The number of benzene rings is 1. The third kappa shape index (κ3) is 2.17. The quantitative estimate of drug-likeness (QED) is 0.837. The molecule has 0 aliphatic carbocycles. The molecule has 0 bridgehead atoms. The van der Waals surface area contributed by atoms with Crippen LogP contribution in [0, 0.1) is 20.8 Å². The summed E-state index contributed by atoms with van der Waals surface area (Å²) in [6.07, 6.45) is -0.801. The second-order valence-corrected chi connectivity index (χ2v) is 4.73. The molecule has 18 heavy (non-hydrogen) atoms. The number of hydrogen-bond acceptors (Lipinski definition) is 2. The van der Waals surface area contributed by atoms with E-state index in [2.05, 4.69) is 10.1 Å². The zero-order valence-corrected chi connectivity index (χ0v) is 10.5. The summed E-state index contributed by atoms with van der Waals surface area (Å²) in [5.41, 5.74) is 2.98. The second kappa shape index (κ2) is 4.23. The number of nitrogens with one attached hydrogen (secondary N) is 1. The Hall–Kier alpha value is -1.65. The molecular formula is C13H15F2NO2. The number of rotatable bonds is 1. The van der Waals surface area contributed by atoms with Crippen LogP contribution in [0.2, 0.25) is 0 Å². The summed E-state index contributed by atoms with van der Waals surface area (Å²) in [4.78, 5) is 11.2. The first-order valence-electron chi connectivity index (χ1n) is 5.70. The lowest BCUT2D eigenvalue weighted by Crippen LogP contribution is -2.50. The molecule has 0 aromatic heterocycles. The lowest BCUT2D eigenvalue weighted by molar-refractivity contribution is -0.104. The van der Waals surface area contributed by atoms with Crippen molar-refractivity contribution >= 4 is 6.09 Å². The van der Waals surface area contributed by atoms with Gasteiger partial charge in [0.25, 0.3) is 0 Å². The average molecular weight is 255 g/mol. The van der Waals surface area contributed by atoms with Crippen molar-refractivity contribution in [2.24, 2.45) is 0 Å². The fourth-order valence-electron chi connectivity index (χ4n) is 2.44. The maximum Gasteiger partial charge on any atom is 0.408 e. The second-order valence-electron chi connectivity index (χ2n) is 4.73. The molecule has 1 amide bonds. The predicted molar refractivity (Wildman–Crippen MR) is 62.8 cm³/mol. The van der Waals surface area contributed by atoms with Crippen molar-refractivity contribution in [2.45, 2.75) is 32.7 Å². The highest BCUT2D eigenvalue weighted by atomic mass is 19.3. The van der Waals surface area contributed by atoms with Crippen LogP contribution in [0.1, 0.15) is 28.3 Å². The monoisotopic (exact) mass is 255 g/mol. The van der Waals surface area contributed by atoms with Gasteiger partial charge in [0.1, 0.15) is 6.04 Å². The Morgan fingerprint density at radius 3 is 2.39 bits per heavy atom. The third-order valence-corrected chi connectivity index (χ3v) is 3.11. The molecule has 1 heterocycles. The molecule has 0 spiro atoms. The number of aryl methyl sites for hydroxylation is 3. The molecule has 0 unspecified atom stereocenters. The van der Waals surface area contributed by atoms with E-state index in [9.17, 15) is 13.6 Å². The highest BCUT2D eigenvalue weighted by Gasteiger charge is 2.47. The van der Waals surface area contributed by atoms with E-state index in [0.717, 1.165) is 16.7 Å². The van der Waals surface area contributed by atoms with Gasteiger partial charge in [-0.1, -0.05) is 17.7 Å². The Morgan fingerprint density at radius 2 is 1.83 bits per heavy atom. The van der Waals surface area contributed by atoms with Crippen molar-refractivity contribution in [1.82, 2.24) is 5.32 Å². The van der Waals surface area contributed by atoms with Crippen molar-refractivity contribution in [3.63, 3.8) is 0 Å². The average Bonchev–Trinajstić information content (AvgIpc) is 2.22. The molecule has 2 rings (SSSR count). The predicted octanol–water partition coefficient (Wildman–Crippen LogP) is 3.03. The Labute approximate surface area is 104 Å². The summed E-state index contributed by atoms with van der Waals surface area (Å²) in [7, 11) is 0. The van der Waals surface area contributed by atoms with Crippen molar-refractivity contribution in [2.75, 3.05) is 6.61 Å². The number of halogens is 2. The fourth-order valence-corrected chi connectivity index (χ4v) is 2.44. The minimum absolute atomic E-state index is 0.474. The van der Waals surface area contributed by atoms with Crippen molar-refractivity contribution < 1.29 is 18.3 Å². The van der Waals surface area contributed by atoms with Gasteiger partial charge in [-0.2, -0.15) is 0 Å². The molecule has 1 N–H and O–H groups in total. The molecule has 1 atom stereocenters. The maximum atomic E-state index is 13.8. The lowest BCUT2D eigenvalue weighted by atomic mass is 9.90. The summed E-state index contributed by atoms with van der Waals surface area (Å²) in [6.45, 7) is 4.57. The van der Waals surface area contributed by atoms with Crippen molar-refractivity contribution in [1.29, 1.82) is 0 Å². The van der Waals surface area contributed by atoms with Crippen LogP contribution >= 0.6 is 0 Å². The molecule has 1 fully saturated rings. The maximum absolute atomic E-state index is 13.8. The number of hydrogen-bond donors (Lipinski definition) is 1. The van der Waals surface area contributed by atoms with E-state index in [1.54, 1.807) is 13.8 Å². The number of alkyl carbamates (subject to hydrolysis) is 1. The highest BCUT2D eigenvalue weighted by molar-refractivity contribution is 5.69. The molecule has 98 valence electrons. The van der Waals surface area contributed by atoms with Crippen LogP contribution in [0.4, 0.5) is 13.6 Å². The smallest absolute Gasteiger partial charge is 0.408 e. The molecule has 5 heteroatoms. The first-order chi connectivity index (χ1) is 8.31. The molecular weight excluding hydrogens is 240 g/mol. The Kier molecular flexibility index (Phi) is 3.00. The molecule has 1 aliphatic rings. The van der Waals surface area contributed by atoms with Gasteiger partial charge in [-0.15, -0.1) is 0 Å². The fraction of sp³-hybridized carbons (Fsp3) is 0.462. The van der Waals surface area contributed by atoms with Gasteiger partial charge in [-0.25, -0.2) is 13.6 Å². The number of carbonyl (C=O) groups is 1. The van der Waals surface area contributed by atoms with Gasteiger partial charge in [0.2, 0.25) is 0 Å². The van der Waals surface area contributed by atoms with E-state index in [0.29, 0.717) is 5.56 Å². The van der Waals surface area contributed by atoms with Crippen LogP contribution in [0.15, 0.2) is 12.1 Å². The number of cyclic esters (lactones) is 1. The van der Waals surface area contributed by atoms with Gasteiger partial charge in [0, 0.05) is 0 Å². The van der Waals surface area contributed by atoms with Crippen LogP contribution in [-0.4, -0.2) is 18.6 Å². The summed E-state index contributed by atoms with van der Waals surface area (Å²) >= 11 is 0. The topological polar surface area (TPSA) is 38.3 Å². The summed E-state index contributed by atoms with van der Waals surface area (Å²) < 4.78 is 32.0. The van der Waals surface area contributed by atoms with Crippen LogP contribution in [0.5, 0.6) is 0 Å². The molecule has 1 aliphatic heterocycles. The summed E-state index contributed by atoms with van der Waals surface area (Å²) in [6, 6.07) is 2.35. The zero-order valence-electron chi connectivity index (χ0n) is 10.5. The van der Waals surface area contributed by atoms with E-state index in [1.807, 2.05) is 19.1 Å². The Bertz CT molecular complexity index is 477. The van der Waals surface area contributed by atoms with E-state index in [4.69, 9.17) is 0 Å². The minimum Gasteiger partial charge on any atom is -0.443 e. The number of alkyl halides is 2.